The number of carbonyl (C=O) groups is 1. The average molecular weight is 421 g/mol. The summed E-state index contributed by atoms with van der Waals surface area (Å²) in [6, 6.07) is 7.35. The summed E-state index contributed by atoms with van der Waals surface area (Å²) in [5.41, 5.74) is 2.03. The topological polar surface area (TPSA) is 109 Å². The molecule has 0 aliphatic carbocycles. The van der Waals surface area contributed by atoms with E-state index >= 15 is 0 Å². The molecule has 0 radical (unpaired) electrons. The van der Waals surface area contributed by atoms with E-state index in [1.165, 1.54) is 17.8 Å². The molecule has 0 atom stereocenters. The van der Waals surface area contributed by atoms with Crippen molar-refractivity contribution in [3.63, 3.8) is 0 Å². The van der Waals surface area contributed by atoms with Gasteiger partial charge in [-0.05, 0) is 40.8 Å². The van der Waals surface area contributed by atoms with Crippen molar-refractivity contribution in [2.24, 2.45) is 7.05 Å². The van der Waals surface area contributed by atoms with Gasteiger partial charge in [-0.25, -0.2) is 9.36 Å². The van der Waals surface area contributed by atoms with Crippen LogP contribution < -0.4 is 5.32 Å². The molecule has 0 spiro atoms. The first-order valence-electron chi connectivity index (χ1n) is 9.22. The third kappa shape index (κ3) is 5.88. The molecule has 0 saturated heterocycles. The molecule has 2 rings (SSSR count). The van der Waals surface area contributed by atoms with Crippen LogP contribution in [0.2, 0.25) is 18.1 Å². The summed E-state index contributed by atoms with van der Waals surface area (Å²) in [4.78, 5) is 25.8. The van der Waals surface area contributed by atoms with Gasteiger partial charge in [-0.2, -0.15) is 0 Å². The van der Waals surface area contributed by atoms with Gasteiger partial charge in [-0.3, -0.25) is 5.32 Å². The molecule has 29 heavy (non-hydrogen) atoms. The highest BCUT2D eigenvalue weighted by molar-refractivity contribution is 6.74. The van der Waals surface area contributed by atoms with Crippen LogP contribution in [0.25, 0.3) is 0 Å². The quantitative estimate of drug-likeness (QED) is 0.398. The monoisotopic (exact) mass is 420 g/mol. The zero-order valence-electron chi connectivity index (χ0n) is 17.7. The van der Waals surface area contributed by atoms with Crippen LogP contribution in [0.1, 0.15) is 32.0 Å². The molecular formula is C19H28N4O5Si. The number of anilines is 1. The van der Waals surface area contributed by atoms with Crippen molar-refractivity contribution in [2.75, 3.05) is 5.32 Å². The molecule has 1 aromatic carbocycles. The van der Waals surface area contributed by atoms with E-state index in [1.807, 2.05) is 12.1 Å². The van der Waals surface area contributed by atoms with E-state index in [0.717, 1.165) is 5.56 Å². The van der Waals surface area contributed by atoms with E-state index in [-0.39, 0.29) is 17.6 Å². The summed E-state index contributed by atoms with van der Waals surface area (Å²) in [7, 11) is -0.327. The first kappa shape index (κ1) is 22.6. The van der Waals surface area contributed by atoms with E-state index < -0.39 is 19.3 Å². The van der Waals surface area contributed by atoms with Gasteiger partial charge in [0.25, 0.3) is 0 Å². The Bertz CT molecular complexity index is 872. The zero-order chi connectivity index (χ0) is 21.8. The average Bonchev–Trinajstić information content (AvgIpc) is 2.99. The lowest BCUT2D eigenvalue weighted by molar-refractivity contribution is -0.396. The molecule has 0 bridgehead atoms. The van der Waals surface area contributed by atoms with Gasteiger partial charge >= 0.3 is 12.0 Å². The number of nitrogens with one attached hydrogen (secondary N) is 1. The molecule has 0 fully saturated rings. The summed E-state index contributed by atoms with van der Waals surface area (Å²) in [5, 5.41) is 13.6. The van der Waals surface area contributed by atoms with Crippen LogP contribution in [0, 0.1) is 10.1 Å². The predicted octanol–water partition coefficient (Wildman–Crippen LogP) is 4.60. The highest BCUT2D eigenvalue weighted by atomic mass is 28.4. The number of aromatic nitrogens is 2. The van der Waals surface area contributed by atoms with Crippen LogP contribution in [0.5, 0.6) is 0 Å². The maximum Gasteiger partial charge on any atom is 0.434 e. The second kappa shape index (κ2) is 8.74. The fourth-order valence-corrected chi connectivity index (χ4v) is 3.16. The number of benzene rings is 1. The molecule has 0 saturated carbocycles. The fourth-order valence-electron chi connectivity index (χ4n) is 2.20. The number of carbonyl (C=O) groups excluding carboxylic acids is 1. The number of nitrogens with zero attached hydrogens (tertiary/aromatic N) is 3. The van der Waals surface area contributed by atoms with Gasteiger partial charge in [0.2, 0.25) is 0 Å². The van der Waals surface area contributed by atoms with Crippen molar-refractivity contribution >= 4 is 26.0 Å². The van der Waals surface area contributed by atoms with E-state index in [0.29, 0.717) is 18.0 Å². The number of imidazole rings is 1. The van der Waals surface area contributed by atoms with Crippen molar-refractivity contribution in [3.8, 4) is 0 Å². The Hall–Kier alpha value is -2.72. The first-order valence-corrected chi connectivity index (χ1v) is 12.1. The molecule has 0 aliphatic rings. The van der Waals surface area contributed by atoms with Gasteiger partial charge in [0.1, 0.15) is 6.20 Å². The maximum absolute atomic E-state index is 12.0. The Morgan fingerprint density at radius 3 is 2.38 bits per heavy atom. The lowest BCUT2D eigenvalue weighted by atomic mass is 10.2. The summed E-state index contributed by atoms with van der Waals surface area (Å²) in [6.07, 6.45) is 0.655. The van der Waals surface area contributed by atoms with Crippen molar-refractivity contribution in [2.45, 2.75) is 52.1 Å². The van der Waals surface area contributed by atoms with E-state index in [2.05, 4.69) is 44.2 Å². The van der Waals surface area contributed by atoms with Crippen molar-refractivity contribution in [3.05, 3.63) is 51.8 Å². The summed E-state index contributed by atoms with van der Waals surface area (Å²) in [5.74, 6) is -0.306. The number of ether oxygens (including phenoxy) is 1. The predicted molar refractivity (Wildman–Crippen MR) is 112 cm³/mol. The standard InChI is InChI=1S/C19H28N4O5Si/c1-19(2,3)29(5,6)28-12-14-7-9-15(10-8-14)21-18(24)27-13-16-11-20-17(22(16)4)23(25)26/h7-11H,12-13H2,1-6H3,(H,21,24). The summed E-state index contributed by atoms with van der Waals surface area (Å²) < 4.78 is 12.6. The molecule has 1 heterocycles. The minimum Gasteiger partial charge on any atom is -0.441 e. The zero-order valence-corrected chi connectivity index (χ0v) is 18.7. The Morgan fingerprint density at radius 1 is 1.24 bits per heavy atom. The number of hydrogen-bond acceptors (Lipinski definition) is 6. The minimum atomic E-state index is -1.82. The van der Waals surface area contributed by atoms with Gasteiger partial charge < -0.3 is 19.3 Å². The van der Waals surface area contributed by atoms with Crippen LogP contribution in [0.4, 0.5) is 16.4 Å². The van der Waals surface area contributed by atoms with Crippen molar-refractivity contribution in [1.82, 2.24) is 9.55 Å². The van der Waals surface area contributed by atoms with Gasteiger partial charge in [0, 0.05) is 5.69 Å². The Labute approximate surface area is 171 Å². The van der Waals surface area contributed by atoms with Gasteiger partial charge in [-0.15, -0.1) is 0 Å². The lowest BCUT2D eigenvalue weighted by Gasteiger charge is -2.36. The van der Waals surface area contributed by atoms with Crippen LogP contribution in [-0.4, -0.2) is 28.9 Å². The lowest BCUT2D eigenvalue weighted by Crippen LogP contribution is -2.40. The number of amides is 1. The minimum absolute atomic E-state index is 0.123. The Morgan fingerprint density at radius 2 is 1.86 bits per heavy atom. The Balaban J connectivity index is 1.86. The molecule has 0 unspecified atom stereocenters. The van der Waals surface area contributed by atoms with Gasteiger partial charge in [0.05, 0.1) is 13.7 Å². The Kier molecular flexibility index (Phi) is 6.80. The van der Waals surface area contributed by atoms with Crippen LogP contribution >= 0.6 is 0 Å². The third-order valence-electron chi connectivity index (χ3n) is 5.18. The van der Waals surface area contributed by atoms with E-state index in [4.69, 9.17) is 9.16 Å². The molecule has 158 valence electrons. The molecule has 9 nitrogen and oxygen atoms in total. The SMILES string of the molecule is Cn1c(COC(=O)Nc2ccc(CO[Si](C)(C)C(C)(C)C)cc2)cnc1[N+](=O)[O-]. The molecule has 1 aromatic heterocycles. The molecule has 2 aromatic rings. The van der Waals surface area contributed by atoms with Crippen LogP contribution in [-0.2, 0) is 29.4 Å². The summed E-state index contributed by atoms with van der Waals surface area (Å²) >= 11 is 0. The third-order valence-corrected chi connectivity index (χ3v) is 9.66. The molecule has 10 heteroatoms. The number of rotatable bonds is 7. The van der Waals surface area contributed by atoms with E-state index in [1.54, 1.807) is 12.1 Å². The largest absolute Gasteiger partial charge is 0.441 e. The van der Waals surface area contributed by atoms with Gasteiger partial charge in [0.15, 0.2) is 20.6 Å². The molecule has 0 aliphatic heterocycles. The number of hydrogen-bond donors (Lipinski definition) is 1. The normalized spacial score (nSPS) is 11.9. The van der Waals surface area contributed by atoms with Crippen LogP contribution in [0.15, 0.2) is 30.5 Å². The fraction of sp³-hybridized carbons (Fsp3) is 0.474. The first-order chi connectivity index (χ1) is 13.4. The molecule has 1 amide bonds. The van der Waals surface area contributed by atoms with Crippen LogP contribution in [0.3, 0.4) is 0 Å². The number of nitro groups is 1. The highest BCUT2D eigenvalue weighted by Gasteiger charge is 2.36. The second-order valence-corrected chi connectivity index (χ2v) is 13.1. The molecule has 1 N–H and O–H groups in total. The van der Waals surface area contributed by atoms with Gasteiger partial charge in [-0.1, -0.05) is 37.9 Å². The highest BCUT2D eigenvalue weighted by Crippen LogP contribution is 2.37. The second-order valence-electron chi connectivity index (χ2n) is 8.31. The molecular weight excluding hydrogens is 392 g/mol. The maximum atomic E-state index is 12.0. The van der Waals surface area contributed by atoms with Crippen molar-refractivity contribution < 1.29 is 18.9 Å². The van der Waals surface area contributed by atoms with E-state index in [9.17, 15) is 14.9 Å². The smallest absolute Gasteiger partial charge is 0.434 e. The van der Waals surface area contributed by atoms with Crippen molar-refractivity contribution in [1.29, 1.82) is 0 Å². The summed E-state index contributed by atoms with van der Waals surface area (Å²) in [6.45, 7) is 11.4.